The number of hydrogen-bond acceptors (Lipinski definition) is 5. The summed E-state index contributed by atoms with van der Waals surface area (Å²) in [7, 11) is 0. The molecule has 1 N–H and O–H groups in total. The van der Waals surface area contributed by atoms with Gasteiger partial charge < -0.3 is 9.84 Å². The minimum absolute atomic E-state index is 0.133. The highest BCUT2D eigenvalue weighted by molar-refractivity contribution is 5.90. The lowest BCUT2D eigenvalue weighted by atomic mass is 10.2. The number of rotatable bonds is 5. The van der Waals surface area contributed by atoms with Crippen molar-refractivity contribution in [3.05, 3.63) is 60.1 Å². The summed E-state index contributed by atoms with van der Waals surface area (Å²) in [6.45, 7) is 1.90. The maximum Gasteiger partial charge on any atom is 0.227 e. The fourth-order valence-electron chi connectivity index (χ4n) is 2.09. The van der Waals surface area contributed by atoms with Crippen molar-refractivity contribution in [2.24, 2.45) is 0 Å². The maximum absolute atomic E-state index is 12.0. The number of benzene rings is 1. The van der Waals surface area contributed by atoms with Crippen LogP contribution in [0, 0.1) is 6.92 Å². The Morgan fingerprint density at radius 1 is 1.17 bits per heavy atom. The second kappa shape index (κ2) is 6.83. The van der Waals surface area contributed by atoms with E-state index < -0.39 is 0 Å². The first-order chi connectivity index (χ1) is 11.2. The van der Waals surface area contributed by atoms with Gasteiger partial charge in [0.15, 0.2) is 0 Å². The van der Waals surface area contributed by atoms with Crippen LogP contribution in [0.25, 0.3) is 11.4 Å². The van der Waals surface area contributed by atoms with Gasteiger partial charge in [0.05, 0.1) is 0 Å². The Kier molecular flexibility index (Phi) is 4.42. The van der Waals surface area contributed by atoms with E-state index in [0.717, 1.165) is 11.1 Å². The van der Waals surface area contributed by atoms with Crippen LogP contribution in [0.4, 0.5) is 5.82 Å². The van der Waals surface area contributed by atoms with Gasteiger partial charge in [0.1, 0.15) is 5.82 Å². The summed E-state index contributed by atoms with van der Waals surface area (Å²) in [5, 5.41) is 6.71. The molecule has 2 heterocycles. The van der Waals surface area contributed by atoms with Crippen LogP contribution in [0.1, 0.15) is 17.9 Å². The summed E-state index contributed by atoms with van der Waals surface area (Å²) < 4.78 is 5.19. The predicted octanol–water partition coefficient (Wildman–Crippen LogP) is 3.01. The average Bonchev–Trinajstić information content (AvgIpc) is 3.05. The summed E-state index contributed by atoms with van der Waals surface area (Å²) >= 11 is 0. The van der Waals surface area contributed by atoms with E-state index in [1.54, 1.807) is 6.20 Å². The molecule has 0 unspecified atom stereocenters. The second-order valence-electron chi connectivity index (χ2n) is 5.09. The van der Waals surface area contributed by atoms with Crippen molar-refractivity contribution >= 4 is 11.7 Å². The number of nitrogens with zero attached hydrogens (tertiary/aromatic N) is 3. The molecule has 0 fully saturated rings. The minimum atomic E-state index is -0.133. The Labute approximate surface area is 133 Å². The number of nitrogens with one attached hydrogen (secondary N) is 1. The lowest BCUT2D eigenvalue weighted by Crippen LogP contribution is -2.14. The van der Waals surface area contributed by atoms with E-state index in [0.29, 0.717) is 24.0 Å². The molecule has 0 saturated carbocycles. The van der Waals surface area contributed by atoms with Crippen LogP contribution < -0.4 is 5.32 Å². The van der Waals surface area contributed by atoms with Gasteiger partial charge in [-0.15, -0.1) is 0 Å². The normalized spacial score (nSPS) is 10.5. The molecule has 23 heavy (non-hydrogen) atoms. The van der Waals surface area contributed by atoms with Crippen molar-refractivity contribution in [2.75, 3.05) is 5.32 Å². The number of aryl methyl sites for hydroxylation is 2. The summed E-state index contributed by atoms with van der Waals surface area (Å²) in [6, 6.07) is 13.3. The predicted molar refractivity (Wildman–Crippen MR) is 85.7 cm³/mol. The van der Waals surface area contributed by atoms with Crippen LogP contribution in [0.2, 0.25) is 0 Å². The van der Waals surface area contributed by atoms with Crippen LogP contribution in [0.15, 0.2) is 53.2 Å². The minimum Gasteiger partial charge on any atom is -0.339 e. The Bertz CT molecular complexity index is 799. The highest BCUT2D eigenvalue weighted by Gasteiger charge is 2.11. The van der Waals surface area contributed by atoms with Crippen LogP contribution in [-0.2, 0) is 11.2 Å². The fraction of sp³-hybridized carbons (Fsp3) is 0.176. The van der Waals surface area contributed by atoms with Crippen LogP contribution in [-0.4, -0.2) is 21.0 Å². The molecule has 1 aromatic carbocycles. The lowest BCUT2D eigenvalue weighted by Gasteiger charge is -2.05. The number of amides is 1. The molecule has 3 aromatic rings. The van der Waals surface area contributed by atoms with E-state index in [1.807, 2.05) is 49.4 Å². The van der Waals surface area contributed by atoms with Gasteiger partial charge in [-0.25, -0.2) is 4.98 Å². The number of hydrogen-bond donors (Lipinski definition) is 1. The fourth-order valence-corrected chi connectivity index (χ4v) is 2.09. The molecule has 6 nitrogen and oxygen atoms in total. The van der Waals surface area contributed by atoms with Crippen molar-refractivity contribution in [3.8, 4) is 11.4 Å². The van der Waals surface area contributed by atoms with Gasteiger partial charge in [0.25, 0.3) is 0 Å². The first-order valence-corrected chi connectivity index (χ1v) is 7.32. The highest BCUT2D eigenvalue weighted by atomic mass is 16.5. The third-order valence-electron chi connectivity index (χ3n) is 3.33. The SMILES string of the molecule is Cc1cccnc1NC(=O)CCc1nc(-c2ccccc2)no1. The Morgan fingerprint density at radius 2 is 2.00 bits per heavy atom. The smallest absolute Gasteiger partial charge is 0.227 e. The van der Waals surface area contributed by atoms with Crippen LogP contribution >= 0.6 is 0 Å². The van der Waals surface area contributed by atoms with Crippen molar-refractivity contribution in [1.29, 1.82) is 0 Å². The van der Waals surface area contributed by atoms with Gasteiger partial charge in [-0.1, -0.05) is 41.6 Å². The Hall–Kier alpha value is -3.02. The summed E-state index contributed by atoms with van der Waals surface area (Å²) in [5.74, 6) is 1.41. The summed E-state index contributed by atoms with van der Waals surface area (Å²) in [4.78, 5) is 20.4. The molecule has 2 aromatic heterocycles. The van der Waals surface area contributed by atoms with Crippen molar-refractivity contribution in [1.82, 2.24) is 15.1 Å². The molecule has 3 rings (SSSR count). The van der Waals surface area contributed by atoms with Gasteiger partial charge in [-0.2, -0.15) is 4.98 Å². The van der Waals surface area contributed by atoms with Crippen LogP contribution in [0.3, 0.4) is 0 Å². The first-order valence-electron chi connectivity index (χ1n) is 7.32. The average molecular weight is 308 g/mol. The zero-order valence-corrected chi connectivity index (χ0v) is 12.7. The molecule has 1 amide bonds. The van der Waals surface area contributed by atoms with Gasteiger partial charge in [0.2, 0.25) is 17.6 Å². The third-order valence-corrected chi connectivity index (χ3v) is 3.33. The van der Waals surface area contributed by atoms with Crippen molar-refractivity contribution < 1.29 is 9.32 Å². The van der Waals surface area contributed by atoms with Crippen molar-refractivity contribution in [2.45, 2.75) is 19.8 Å². The van der Waals surface area contributed by atoms with Gasteiger partial charge in [-0.05, 0) is 18.6 Å². The van der Waals surface area contributed by atoms with Gasteiger partial charge in [0, 0.05) is 24.6 Å². The molecular weight excluding hydrogens is 292 g/mol. The van der Waals surface area contributed by atoms with E-state index >= 15 is 0 Å². The van der Waals surface area contributed by atoms with E-state index in [2.05, 4.69) is 20.4 Å². The molecule has 116 valence electrons. The summed E-state index contributed by atoms with van der Waals surface area (Å²) in [6.07, 6.45) is 2.29. The molecule has 0 atom stereocenters. The van der Waals surface area contributed by atoms with E-state index in [4.69, 9.17) is 4.52 Å². The summed E-state index contributed by atoms with van der Waals surface area (Å²) in [5.41, 5.74) is 1.81. The second-order valence-corrected chi connectivity index (χ2v) is 5.09. The third kappa shape index (κ3) is 3.79. The zero-order valence-electron chi connectivity index (χ0n) is 12.7. The van der Waals surface area contributed by atoms with E-state index in [-0.39, 0.29) is 12.3 Å². The molecule has 0 aliphatic rings. The van der Waals surface area contributed by atoms with E-state index in [9.17, 15) is 4.79 Å². The van der Waals surface area contributed by atoms with Gasteiger partial charge in [-0.3, -0.25) is 4.79 Å². The number of pyridine rings is 1. The number of carbonyl (C=O) groups excluding carboxylic acids is 1. The van der Waals surface area contributed by atoms with Crippen LogP contribution in [0.5, 0.6) is 0 Å². The Morgan fingerprint density at radius 3 is 2.78 bits per heavy atom. The molecule has 0 radical (unpaired) electrons. The number of carbonyl (C=O) groups is 1. The first kappa shape index (κ1) is 14.9. The van der Waals surface area contributed by atoms with Crippen molar-refractivity contribution in [3.63, 3.8) is 0 Å². The topological polar surface area (TPSA) is 80.9 Å². The van der Waals surface area contributed by atoms with E-state index in [1.165, 1.54) is 0 Å². The molecule has 6 heteroatoms. The molecule has 0 bridgehead atoms. The molecule has 0 saturated heterocycles. The largest absolute Gasteiger partial charge is 0.339 e. The highest BCUT2D eigenvalue weighted by Crippen LogP contribution is 2.15. The lowest BCUT2D eigenvalue weighted by molar-refractivity contribution is -0.116. The van der Waals surface area contributed by atoms with Gasteiger partial charge >= 0.3 is 0 Å². The standard InChI is InChI=1S/C17H16N4O2/c1-12-6-5-11-18-16(12)19-14(22)9-10-15-20-17(21-23-15)13-7-3-2-4-8-13/h2-8,11H,9-10H2,1H3,(H,18,19,22). The monoisotopic (exact) mass is 308 g/mol. The number of anilines is 1. The Balaban J connectivity index is 1.58. The quantitative estimate of drug-likeness (QED) is 0.783. The molecule has 0 spiro atoms. The zero-order chi connectivity index (χ0) is 16.1. The maximum atomic E-state index is 12.0. The number of aromatic nitrogens is 3. The molecule has 0 aliphatic heterocycles. The molecular formula is C17H16N4O2. The molecule has 0 aliphatic carbocycles.